The number of hydrogen-bond acceptors (Lipinski definition) is 4. The summed E-state index contributed by atoms with van der Waals surface area (Å²) in [4.78, 5) is 26.3. The highest BCUT2D eigenvalue weighted by Gasteiger charge is 2.24. The minimum Gasteiger partial charge on any atom is -0.343 e. The summed E-state index contributed by atoms with van der Waals surface area (Å²) in [7, 11) is 1.81. The predicted octanol–water partition coefficient (Wildman–Crippen LogP) is -1.08. The molecule has 1 fully saturated rings. The van der Waals surface area contributed by atoms with Gasteiger partial charge in [-0.2, -0.15) is 0 Å². The van der Waals surface area contributed by atoms with Crippen molar-refractivity contribution in [2.45, 2.75) is 25.8 Å². The van der Waals surface area contributed by atoms with Crippen LogP contribution in [0.4, 0.5) is 0 Å². The summed E-state index contributed by atoms with van der Waals surface area (Å²) in [6, 6.07) is 0.231. The summed E-state index contributed by atoms with van der Waals surface area (Å²) in [5.74, 6) is 4.98. The van der Waals surface area contributed by atoms with Crippen molar-refractivity contribution >= 4 is 11.8 Å². The molecule has 6 heteroatoms. The summed E-state index contributed by atoms with van der Waals surface area (Å²) in [6.07, 6.45) is 1.12. The third-order valence-electron chi connectivity index (χ3n) is 3.06. The Kier molecular flexibility index (Phi) is 4.70. The lowest BCUT2D eigenvalue weighted by Crippen LogP contribution is -2.51. The third kappa shape index (κ3) is 3.46. The van der Waals surface area contributed by atoms with Crippen molar-refractivity contribution in [3.05, 3.63) is 0 Å². The summed E-state index contributed by atoms with van der Waals surface area (Å²) in [6.45, 7) is 4.10. The SMILES string of the molecule is CC(CCC(=O)NN)N1CCN(C)C(=O)C1. The summed E-state index contributed by atoms with van der Waals surface area (Å²) in [5.41, 5.74) is 2.11. The van der Waals surface area contributed by atoms with Gasteiger partial charge in [-0.15, -0.1) is 0 Å². The minimum atomic E-state index is -0.160. The van der Waals surface area contributed by atoms with Crippen LogP contribution in [0.3, 0.4) is 0 Å². The zero-order valence-corrected chi connectivity index (χ0v) is 9.90. The number of likely N-dealkylation sites (N-methyl/N-ethyl adjacent to an activating group) is 1. The molecular formula is C10H20N4O2. The van der Waals surface area contributed by atoms with Gasteiger partial charge in [-0.1, -0.05) is 0 Å². The molecule has 0 bridgehead atoms. The quantitative estimate of drug-likeness (QED) is 0.364. The first-order valence-corrected chi connectivity index (χ1v) is 5.52. The minimum absolute atomic E-state index is 0.140. The van der Waals surface area contributed by atoms with E-state index in [9.17, 15) is 9.59 Å². The molecule has 0 aromatic carbocycles. The number of rotatable bonds is 4. The summed E-state index contributed by atoms with van der Waals surface area (Å²) in [5, 5.41) is 0. The fraction of sp³-hybridized carbons (Fsp3) is 0.800. The highest BCUT2D eigenvalue weighted by molar-refractivity contribution is 5.78. The predicted molar refractivity (Wildman–Crippen MR) is 60.2 cm³/mol. The first-order chi connectivity index (χ1) is 7.54. The lowest BCUT2D eigenvalue weighted by atomic mass is 10.1. The lowest BCUT2D eigenvalue weighted by Gasteiger charge is -2.35. The standard InChI is InChI=1S/C10H20N4O2/c1-8(3-4-9(15)12-11)14-6-5-13(2)10(16)7-14/h8H,3-7,11H2,1-2H3,(H,12,15). The first-order valence-electron chi connectivity index (χ1n) is 5.52. The van der Waals surface area contributed by atoms with Crippen molar-refractivity contribution < 1.29 is 9.59 Å². The Morgan fingerprint density at radius 3 is 2.81 bits per heavy atom. The van der Waals surface area contributed by atoms with E-state index >= 15 is 0 Å². The molecule has 0 aromatic heterocycles. The molecular weight excluding hydrogens is 208 g/mol. The number of carbonyl (C=O) groups excluding carboxylic acids is 2. The van der Waals surface area contributed by atoms with Gasteiger partial charge in [0.2, 0.25) is 11.8 Å². The van der Waals surface area contributed by atoms with Gasteiger partial charge in [-0.05, 0) is 13.3 Å². The first kappa shape index (κ1) is 12.9. The Hall–Kier alpha value is -1.14. The second-order valence-electron chi connectivity index (χ2n) is 4.24. The van der Waals surface area contributed by atoms with Crippen LogP contribution < -0.4 is 11.3 Å². The van der Waals surface area contributed by atoms with E-state index in [2.05, 4.69) is 10.3 Å². The van der Waals surface area contributed by atoms with Gasteiger partial charge in [0.1, 0.15) is 0 Å². The van der Waals surface area contributed by atoms with Crippen LogP contribution in [0.1, 0.15) is 19.8 Å². The normalized spacial score (nSPS) is 19.7. The molecule has 1 aliphatic rings. The van der Waals surface area contributed by atoms with Crippen LogP contribution >= 0.6 is 0 Å². The zero-order chi connectivity index (χ0) is 12.1. The highest BCUT2D eigenvalue weighted by atomic mass is 16.2. The van der Waals surface area contributed by atoms with Gasteiger partial charge >= 0.3 is 0 Å². The van der Waals surface area contributed by atoms with Crippen LogP contribution in [0.15, 0.2) is 0 Å². The molecule has 1 saturated heterocycles. The van der Waals surface area contributed by atoms with Gasteiger partial charge in [0.15, 0.2) is 0 Å². The summed E-state index contributed by atoms with van der Waals surface area (Å²) >= 11 is 0. The van der Waals surface area contributed by atoms with Crippen LogP contribution in [-0.2, 0) is 9.59 Å². The van der Waals surface area contributed by atoms with Gasteiger partial charge < -0.3 is 4.90 Å². The number of carbonyl (C=O) groups is 2. The average Bonchev–Trinajstić information content (AvgIpc) is 2.29. The molecule has 2 amide bonds. The molecule has 0 aliphatic carbocycles. The number of piperazine rings is 1. The van der Waals surface area contributed by atoms with E-state index < -0.39 is 0 Å². The average molecular weight is 228 g/mol. The van der Waals surface area contributed by atoms with Gasteiger partial charge in [-0.3, -0.25) is 19.9 Å². The maximum Gasteiger partial charge on any atom is 0.236 e. The Balaban J connectivity index is 2.34. The topological polar surface area (TPSA) is 78.7 Å². The molecule has 92 valence electrons. The Bertz CT molecular complexity index is 270. The monoisotopic (exact) mass is 228 g/mol. The van der Waals surface area contributed by atoms with Crippen molar-refractivity contribution in [2.24, 2.45) is 5.84 Å². The second kappa shape index (κ2) is 5.81. The number of nitrogens with zero attached hydrogens (tertiary/aromatic N) is 2. The van der Waals surface area contributed by atoms with Crippen molar-refractivity contribution in [1.82, 2.24) is 15.2 Å². The van der Waals surface area contributed by atoms with Gasteiger partial charge in [0.05, 0.1) is 6.54 Å². The van der Waals surface area contributed by atoms with Crippen molar-refractivity contribution in [2.75, 3.05) is 26.7 Å². The van der Waals surface area contributed by atoms with E-state index in [0.29, 0.717) is 13.0 Å². The molecule has 6 nitrogen and oxygen atoms in total. The van der Waals surface area contributed by atoms with E-state index in [0.717, 1.165) is 19.5 Å². The smallest absolute Gasteiger partial charge is 0.236 e. The molecule has 0 spiro atoms. The Morgan fingerprint density at radius 1 is 1.56 bits per heavy atom. The number of amides is 2. The van der Waals surface area contributed by atoms with Crippen LogP contribution in [-0.4, -0.2) is 54.3 Å². The molecule has 1 heterocycles. The number of hydrazine groups is 1. The van der Waals surface area contributed by atoms with Crippen LogP contribution in [0.25, 0.3) is 0 Å². The van der Waals surface area contributed by atoms with Gasteiger partial charge in [-0.25, -0.2) is 5.84 Å². The van der Waals surface area contributed by atoms with E-state index in [1.165, 1.54) is 0 Å². The van der Waals surface area contributed by atoms with E-state index in [4.69, 9.17) is 5.84 Å². The fourth-order valence-corrected chi connectivity index (χ4v) is 1.75. The van der Waals surface area contributed by atoms with Gasteiger partial charge in [0.25, 0.3) is 0 Å². The second-order valence-corrected chi connectivity index (χ2v) is 4.24. The number of hydrogen-bond donors (Lipinski definition) is 2. The third-order valence-corrected chi connectivity index (χ3v) is 3.06. The fourth-order valence-electron chi connectivity index (χ4n) is 1.75. The molecule has 1 unspecified atom stereocenters. The van der Waals surface area contributed by atoms with E-state index in [1.54, 1.807) is 4.90 Å². The number of nitrogens with two attached hydrogens (primary N) is 1. The Labute approximate surface area is 95.7 Å². The number of nitrogens with one attached hydrogen (secondary N) is 1. The van der Waals surface area contributed by atoms with Crippen molar-refractivity contribution in [1.29, 1.82) is 0 Å². The maximum atomic E-state index is 11.5. The van der Waals surface area contributed by atoms with Crippen molar-refractivity contribution in [3.63, 3.8) is 0 Å². The van der Waals surface area contributed by atoms with Crippen LogP contribution in [0.5, 0.6) is 0 Å². The van der Waals surface area contributed by atoms with Crippen LogP contribution in [0.2, 0.25) is 0 Å². The maximum absolute atomic E-state index is 11.5. The van der Waals surface area contributed by atoms with Crippen molar-refractivity contribution in [3.8, 4) is 0 Å². The molecule has 0 aromatic rings. The molecule has 3 N–H and O–H groups in total. The van der Waals surface area contributed by atoms with Gasteiger partial charge in [0, 0.05) is 32.6 Å². The molecule has 0 saturated carbocycles. The molecule has 1 aliphatic heterocycles. The summed E-state index contributed by atoms with van der Waals surface area (Å²) < 4.78 is 0. The molecule has 16 heavy (non-hydrogen) atoms. The molecule has 1 atom stereocenters. The zero-order valence-electron chi connectivity index (χ0n) is 9.90. The Morgan fingerprint density at radius 2 is 2.25 bits per heavy atom. The molecule has 0 radical (unpaired) electrons. The largest absolute Gasteiger partial charge is 0.343 e. The van der Waals surface area contributed by atoms with E-state index in [-0.39, 0.29) is 17.9 Å². The highest BCUT2D eigenvalue weighted by Crippen LogP contribution is 2.10. The van der Waals surface area contributed by atoms with E-state index in [1.807, 2.05) is 14.0 Å². The van der Waals surface area contributed by atoms with Crippen LogP contribution in [0, 0.1) is 0 Å². The molecule has 1 rings (SSSR count). The lowest BCUT2D eigenvalue weighted by molar-refractivity contribution is -0.135.